The van der Waals surface area contributed by atoms with Crippen LogP contribution in [0.15, 0.2) is 65.7 Å². The van der Waals surface area contributed by atoms with Gasteiger partial charge < -0.3 is 10.2 Å². The third-order valence-corrected chi connectivity index (χ3v) is 3.68. The van der Waals surface area contributed by atoms with Gasteiger partial charge in [0.2, 0.25) is 0 Å². The van der Waals surface area contributed by atoms with Crippen LogP contribution in [0, 0.1) is 0 Å². The lowest BCUT2D eigenvalue weighted by Crippen LogP contribution is -2.16. The molecule has 0 saturated carbocycles. The fourth-order valence-electron chi connectivity index (χ4n) is 2.58. The van der Waals surface area contributed by atoms with Crippen LogP contribution in [-0.4, -0.2) is 19.5 Å². The molecule has 0 spiro atoms. The van der Waals surface area contributed by atoms with Gasteiger partial charge in [0, 0.05) is 0 Å². The summed E-state index contributed by atoms with van der Waals surface area (Å²) < 4.78 is 7.22. The number of rotatable bonds is 4. The number of aromatic amines is 1. The van der Waals surface area contributed by atoms with E-state index in [0.717, 1.165) is 5.75 Å². The predicted octanol–water partition coefficient (Wildman–Crippen LogP) is 2.19. The summed E-state index contributed by atoms with van der Waals surface area (Å²) in [6, 6.07) is 16.6. The minimum Gasteiger partial charge on any atom is -0.457 e. The van der Waals surface area contributed by atoms with E-state index in [-0.39, 0.29) is 5.69 Å². The first-order valence-electron chi connectivity index (χ1n) is 7.52. The zero-order valence-corrected chi connectivity index (χ0v) is 13.0. The van der Waals surface area contributed by atoms with E-state index in [1.807, 2.05) is 30.3 Å². The zero-order valence-electron chi connectivity index (χ0n) is 13.0. The molecule has 0 fully saturated rings. The van der Waals surface area contributed by atoms with Crippen LogP contribution < -0.4 is 21.7 Å². The molecule has 25 heavy (non-hydrogen) atoms. The molecule has 8 nitrogen and oxygen atoms in total. The molecule has 2 aromatic carbocycles. The zero-order chi connectivity index (χ0) is 17.2. The van der Waals surface area contributed by atoms with Crippen molar-refractivity contribution in [1.29, 1.82) is 0 Å². The maximum Gasteiger partial charge on any atom is 0.332 e. The highest BCUT2D eigenvalue weighted by Crippen LogP contribution is 2.24. The number of para-hydroxylation sites is 1. The number of fused-ring (bicyclic) bond motifs is 1. The molecule has 124 valence electrons. The van der Waals surface area contributed by atoms with Crippen molar-refractivity contribution in [3.05, 3.63) is 71.4 Å². The number of nitrogens with zero attached hydrogens (tertiary/aromatic N) is 3. The van der Waals surface area contributed by atoms with Gasteiger partial charge in [-0.15, -0.1) is 0 Å². The fourth-order valence-corrected chi connectivity index (χ4v) is 2.58. The number of nitrogen functional groups attached to an aromatic ring is 1. The van der Waals surface area contributed by atoms with E-state index in [9.17, 15) is 4.79 Å². The summed E-state index contributed by atoms with van der Waals surface area (Å²) in [5, 5.41) is 0. The summed E-state index contributed by atoms with van der Waals surface area (Å²) in [5.74, 6) is 7.25. The van der Waals surface area contributed by atoms with E-state index < -0.39 is 0 Å². The SMILES string of the molecule is NNc1ncnc2[nH]c(=O)n(-c3ccc(Oc4ccccc4)cc3)c12. The Labute approximate surface area is 141 Å². The smallest absolute Gasteiger partial charge is 0.332 e. The summed E-state index contributed by atoms with van der Waals surface area (Å²) in [7, 11) is 0. The molecule has 4 rings (SSSR count). The lowest BCUT2D eigenvalue weighted by atomic mass is 10.3. The van der Waals surface area contributed by atoms with Crippen LogP contribution in [0.25, 0.3) is 16.9 Å². The Morgan fingerprint density at radius 2 is 1.72 bits per heavy atom. The van der Waals surface area contributed by atoms with Crippen molar-refractivity contribution in [2.75, 3.05) is 5.43 Å². The first kappa shape index (κ1) is 14.9. The quantitative estimate of drug-likeness (QED) is 0.390. The topological polar surface area (TPSA) is 111 Å². The van der Waals surface area contributed by atoms with Crippen LogP contribution in [-0.2, 0) is 0 Å². The van der Waals surface area contributed by atoms with Crippen molar-refractivity contribution in [3.63, 3.8) is 0 Å². The number of hydrogen-bond acceptors (Lipinski definition) is 6. The number of aromatic nitrogens is 4. The highest BCUT2D eigenvalue weighted by Gasteiger charge is 2.14. The van der Waals surface area contributed by atoms with Gasteiger partial charge in [-0.1, -0.05) is 18.2 Å². The molecular formula is C17H14N6O2. The molecule has 0 aliphatic carbocycles. The average Bonchev–Trinajstić information content (AvgIpc) is 2.99. The Bertz CT molecular complexity index is 1070. The molecule has 0 aliphatic heterocycles. The van der Waals surface area contributed by atoms with Crippen LogP contribution >= 0.6 is 0 Å². The van der Waals surface area contributed by atoms with Gasteiger partial charge in [0.15, 0.2) is 11.5 Å². The van der Waals surface area contributed by atoms with E-state index in [4.69, 9.17) is 10.6 Å². The van der Waals surface area contributed by atoms with E-state index >= 15 is 0 Å². The van der Waals surface area contributed by atoms with E-state index in [0.29, 0.717) is 28.4 Å². The number of H-pyrrole nitrogens is 1. The molecule has 4 N–H and O–H groups in total. The second-order valence-electron chi connectivity index (χ2n) is 5.24. The molecule has 0 unspecified atom stereocenters. The predicted molar refractivity (Wildman–Crippen MR) is 93.8 cm³/mol. The van der Waals surface area contributed by atoms with Crippen LogP contribution in [0.2, 0.25) is 0 Å². The molecule has 2 heterocycles. The van der Waals surface area contributed by atoms with Gasteiger partial charge in [0.05, 0.1) is 5.69 Å². The molecule has 2 aromatic heterocycles. The lowest BCUT2D eigenvalue weighted by Gasteiger charge is -2.08. The van der Waals surface area contributed by atoms with E-state index in [1.54, 1.807) is 24.3 Å². The molecule has 0 saturated heterocycles. The molecule has 0 bridgehead atoms. The molecule has 0 amide bonds. The number of nitrogens with one attached hydrogen (secondary N) is 2. The van der Waals surface area contributed by atoms with Crippen LogP contribution in [0.3, 0.4) is 0 Å². The van der Waals surface area contributed by atoms with Crippen molar-refractivity contribution in [1.82, 2.24) is 19.5 Å². The highest BCUT2D eigenvalue weighted by atomic mass is 16.5. The minimum atomic E-state index is -0.330. The average molecular weight is 334 g/mol. The molecule has 0 aliphatic rings. The van der Waals surface area contributed by atoms with Crippen molar-refractivity contribution < 1.29 is 4.74 Å². The van der Waals surface area contributed by atoms with Crippen molar-refractivity contribution >= 4 is 17.0 Å². The van der Waals surface area contributed by atoms with Gasteiger partial charge in [-0.3, -0.25) is 9.55 Å². The van der Waals surface area contributed by atoms with Crippen molar-refractivity contribution in [2.24, 2.45) is 5.84 Å². The van der Waals surface area contributed by atoms with Crippen molar-refractivity contribution in [3.8, 4) is 17.2 Å². The van der Waals surface area contributed by atoms with Gasteiger partial charge in [0.25, 0.3) is 0 Å². The first-order valence-corrected chi connectivity index (χ1v) is 7.52. The summed E-state index contributed by atoms with van der Waals surface area (Å²) in [6.45, 7) is 0. The number of anilines is 1. The van der Waals surface area contributed by atoms with Gasteiger partial charge >= 0.3 is 5.69 Å². The summed E-state index contributed by atoms with van der Waals surface area (Å²) in [4.78, 5) is 23.1. The minimum absolute atomic E-state index is 0.330. The fraction of sp³-hybridized carbons (Fsp3) is 0. The molecule has 0 atom stereocenters. The highest BCUT2D eigenvalue weighted by molar-refractivity contribution is 5.84. The monoisotopic (exact) mass is 334 g/mol. The Morgan fingerprint density at radius 1 is 1.00 bits per heavy atom. The number of benzene rings is 2. The van der Waals surface area contributed by atoms with E-state index in [1.165, 1.54) is 10.9 Å². The largest absolute Gasteiger partial charge is 0.457 e. The Kier molecular flexibility index (Phi) is 3.64. The number of imidazole rings is 1. The van der Waals surface area contributed by atoms with Crippen LogP contribution in [0.4, 0.5) is 5.82 Å². The molecule has 0 radical (unpaired) electrons. The van der Waals surface area contributed by atoms with Gasteiger partial charge in [-0.05, 0) is 36.4 Å². The summed E-state index contributed by atoms with van der Waals surface area (Å²) in [5.41, 5.74) is 3.67. The Hall–Kier alpha value is -3.65. The third kappa shape index (κ3) is 2.70. The number of nitrogens with two attached hydrogens (primary N) is 1. The maximum atomic E-state index is 12.3. The van der Waals surface area contributed by atoms with Gasteiger partial charge in [-0.25, -0.2) is 20.6 Å². The Morgan fingerprint density at radius 3 is 2.44 bits per heavy atom. The normalized spacial score (nSPS) is 10.8. The number of hydrogen-bond donors (Lipinski definition) is 3. The van der Waals surface area contributed by atoms with Crippen LogP contribution in [0.5, 0.6) is 11.5 Å². The van der Waals surface area contributed by atoms with Crippen molar-refractivity contribution in [2.45, 2.75) is 0 Å². The van der Waals surface area contributed by atoms with E-state index in [2.05, 4.69) is 20.4 Å². The van der Waals surface area contributed by atoms with Gasteiger partial charge in [0.1, 0.15) is 23.3 Å². The second-order valence-corrected chi connectivity index (χ2v) is 5.24. The summed E-state index contributed by atoms with van der Waals surface area (Å²) in [6.07, 6.45) is 1.33. The van der Waals surface area contributed by atoms with Crippen LogP contribution in [0.1, 0.15) is 0 Å². The second kappa shape index (κ2) is 6.10. The number of ether oxygens (including phenoxy) is 1. The van der Waals surface area contributed by atoms with Gasteiger partial charge in [-0.2, -0.15) is 0 Å². The summed E-state index contributed by atoms with van der Waals surface area (Å²) >= 11 is 0. The molecular weight excluding hydrogens is 320 g/mol. The Balaban J connectivity index is 1.75. The maximum absolute atomic E-state index is 12.3. The third-order valence-electron chi connectivity index (χ3n) is 3.68. The molecule has 8 heteroatoms. The lowest BCUT2D eigenvalue weighted by molar-refractivity contribution is 0.482. The standard InChI is InChI=1S/C17H14N6O2/c18-22-16-14-15(19-10-20-16)21-17(24)23(14)11-6-8-13(9-7-11)25-12-4-2-1-3-5-12/h1-10H,18H2,(H2,19,20,21,22,24). The first-order chi connectivity index (χ1) is 12.3. The number of hydrazine groups is 1. The molecule has 4 aromatic rings.